The maximum absolute atomic E-state index is 9.40. The van der Waals surface area contributed by atoms with Gasteiger partial charge >= 0.3 is 0 Å². The van der Waals surface area contributed by atoms with E-state index in [0.29, 0.717) is 11.4 Å². The summed E-state index contributed by atoms with van der Waals surface area (Å²) in [7, 11) is 0. The van der Waals surface area contributed by atoms with Crippen LogP contribution >= 0.6 is 0 Å². The van der Waals surface area contributed by atoms with E-state index in [2.05, 4.69) is 174 Å². The van der Waals surface area contributed by atoms with Crippen LogP contribution in [0.2, 0.25) is 0 Å². The first kappa shape index (κ1) is 32.6. The van der Waals surface area contributed by atoms with Gasteiger partial charge < -0.3 is 4.57 Å². The van der Waals surface area contributed by atoms with Crippen LogP contribution in [0.4, 0.5) is 0 Å². The van der Waals surface area contributed by atoms with E-state index in [1.807, 2.05) is 30.3 Å². The Labute approximate surface area is 329 Å². The molecule has 264 valence electrons. The van der Waals surface area contributed by atoms with Crippen LogP contribution in [0.1, 0.15) is 5.56 Å². The molecular formula is C53H32N4. The van der Waals surface area contributed by atoms with Crippen molar-refractivity contribution in [3.63, 3.8) is 0 Å². The topological polar surface area (TPSA) is 54.5 Å². The first-order valence-electron chi connectivity index (χ1n) is 19.1. The number of hydrogen-bond donors (Lipinski definition) is 0. The molecule has 2 aromatic heterocycles. The van der Waals surface area contributed by atoms with Gasteiger partial charge in [0, 0.05) is 32.7 Å². The fraction of sp³-hybridized carbons (Fsp3) is 0. The number of nitrogens with zero attached hydrogens (tertiary/aromatic N) is 4. The van der Waals surface area contributed by atoms with E-state index in [9.17, 15) is 5.26 Å². The predicted molar refractivity (Wildman–Crippen MR) is 235 cm³/mol. The van der Waals surface area contributed by atoms with Gasteiger partial charge in [-0.2, -0.15) is 5.26 Å². The molecule has 9 aromatic carbocycles. The lowest BCUT2D eigenvalue weighted by Crippen LogP contribution is -1.99. The first-order chi connectivity index (χ1) is 28.2. The highest BCUT2D eigenvalue weighted by atomic mass is 15.0. The Hall–Kier alpha value is -7.87. The molecule has 11 rings (SSSR count). The zero-order valence-electron chi connectivity index (χ0n) is 30.8. The molecule has 0 spiro atoms. The Bertz CT molecular complexity index is 3390. The summed E-state index contributed by atoms with van der Waals surface area (Å²) in [6.45, 7) is 0. The van der Waals surface area contributed by atoms with Crippen LogP contribution in [0, 0.1) is 11.3 Å². The number of para-hydroxylation sites is 1. The van der Waals surface area contributed by atoms with Gasteiger partial charge in [-0.1, -0.05) is 140 Å². The molecule has 0 aliphatic rings. The summed E-state index contributed by atoms with van der Waals surface area (Å²) in [6.07, 6.45) is 0. The van der Waals surface area contributed by atoms with Crippen LogP contribution in [0.25, 0.3) is 105 Å². The highest BCUT2D eigenvalue weighted by Crippen LogP contribution is 2.40. The second-order valence-corrected chi connectivity index (χ2v) is 14.5. The monoisotopic (exact) mass is 724 g/mol. The number of rotatable bonds is 5. The van der Waals surface area contributed by atoms with Crippen LogP contribution in [-0.4, -0.2) is 14.5 Å². The highest BCUT2D eigenvalue weighted by Gasteiger charge is 2.19. The first-order valence-corrected chi connectivity index (χ1v) is 19.1. The largest absolute Gasteiger partial charge is 0.309 e. The Balaban J connectivity index is 1.12. The van der Waals surface area contributed by atoms with Gasteiger partial charge in [-0.25, -0.2) is 9.97 Å². The summed E-state index contributed by atoms with van der Waals surface area (Å²) in [5, 5.41) is 17.5. The van der Waals surface area contributed by atoms with Crippen molar-refractivity contribution < 1.29 is 0 Å². The maximum Gasteiger partial charge on any atom is 0.161 e. The Morgan fingerprint density at radius 1 is 0.404 bits per heavy atom. The summed E-state index contributed by atoms with van der Waals surface area (Å²) >= 11 is 0. The van der Waals surface area contributed by atoms with Crippen molar-refractivity contribution in [3.8, 4) is 56.7 Å². The molecule has 0 bridgehead atoms. The molecule has 57 heavy (non-hydrogen) atoms. The van der Waals surface area contributed by atoms with Gasteiger partial charge in [0.25, 0.3) is 0 Å². The molecule has 0 amide bonds. The zero-order valence-corrected chi connectivity index (χ0v) is 30.8. The summed E-state index contributed by atoms with van der Waals surface area (Å²) in [6, 6.07) is 70.4. The van der Waals surface area contributed by atoms with Gasteiger partial charge in [0.2, 0.25) is 0 Å². The fourth-order valence-corrected chi connectivity index (χ4v) is 8.42. The average molecular weight is 725 g/mol. The maximum atomic E-state index is 9.40. The van der Waals surface area contributed by atoms with Crippen molar-refractivity contribution in [2.75, 3.05) is 0 Å². The molecule has 0 aliphatic carbocycles. The second kappa shape index (κ2) is 13.2. The minimum atomic E-state index is 0.636. The third-order valence-electron chi connectivity index (χ3n) is 11.2. The fourth-order valence-electron chi connectivity index (χ4n) is 8.42. The van der Waals surface area contributed by atoms with Gasteiger partial charge in [-0.3, -0.25) is 0 Å². The summed E-state index contributed by atoms with van der Waals surface area (Å²) in [4.78, 5) is 10.7. The van der Waals surface area contributed by atoms with Crippen molar-refractivity contribution in [3.05, 3.63) is 200 Å². The highest BCUT2D eigenvalue weighted by molar-refractivity contribution is 6.15. The summed E-state index contributed by atoms with van der Waals surface area (Å²) in [5.74, 6) is 0.673. The molecule has 11 aromatic rings. The van der Waals surface area contributed by atoms with Crippen molar-refractivity contribution in [1.29, 1.82) is 5.26 Å². The molecular weight excluding hydrogens is 693 g/mol. The van der Waals surface area contributed by atoms with Crippen LogP contribution in [0.15, 0.2) is 194 Å². The number of aromatic nitrogens is 3. The third kappa shape index (κ3) is 5.45. The molecule has 0 N–H and O–H groups in total. The third-order valence-corrected chi connectivity index (χ3v) is 11.2. The minimum Gasteiger partial charge on any atom is -0.309 e. The SMILES string of the molecule is N#Cc1ccc(-c2ccc3nc(-c4ccc(-n5c6ccccc6c6cc7ccccc7cc65)c5ccccc45)nc(-c4ccc(-c5ccccc5)cc4)c3c2)cc1. The normalized spacial score (nSPS) is 11.5. The van der Waals surface area contributed by atoms with Gasteiger partial charge in [0.05, 0.1) is 39.6 Å². The molecule has 2 heterocycles. The molecule has 0 aliphatic heterocycles. The van der Waals surface area contributed by atoms with Gasteiger partial charge in [0.15, 0.2) is 5.82 Å². The van der Waals surface area contributed by atoms with Gasteiger partial charge in [-0.05, 0) is 93.0 Å². The van der Waals surface area contributed by atoms with E-state index in [1.54, 1.807) is 0 Å². The average Bonchev–Trinajstić information content (AvgIpc) is 3.60. The predicted octanol–water partition coefficient (Wildman–Crippen LogP) is 13.6. The summed E-state index contributed by atoms with van der Waals surface area (Å²) in [5.41, 5.74) is 12.2. The molecule has 0 saturated heterocycles. The standard InChI is InChI=1S/C53H32N4/c54-33-34-18-20-37(21-19-34)41-26-28-48-47(31-41)52(38-24-22-36(23-25-38)35-10-2-1-3-11-35)56-53(55-48)45-27-29-50(43-15-7-6-14-42(43)45)57-49-17-9-8-16-44(49)46-30-39-12-4-5-13-40(39)32-51(46)57/h1-32H. The number of nitriles is 1. The molecule has 0 atom stereocenters. The molecule has 4 heteroatoms. The smallest absolute Gasteiger partial charge is 0.161 e. The van der Waals surface area contributed by atoms with Crippen molar-refractivity contribution >= 4 is 54.3 Å². The van der Waals surface area contributed by atoms with Gasteiger partial charge in [-0.15, -0.1) is 0 Å². The van der Waals surface area contributed by atoms with E-state index in [0.717, 1.165) is 60.9 Å². The quantitative estimate of drug-likeness (QED) is 0.178. The van der Waals surface area contributed by atoms with Crippen LogP contribution in [0.5, 0.6) is 0 Å². The van der Waals surface area contributed by atoms with Crippen LogP contribution in [0.3, 0.4) is 0 Å². The van der Waals surface area contributed by atoms with E-state index in [1.165, 1.54) is 38.1 Å². The molecule has 0 unspecified atom stereocenters. The lowest BCUT2D eigenvalue weighted by Gasteiger charge is -2.16. The van der Waals surface area contributed by atoms with Crippen molar-refractivity contribution in [1.82, 2.24) is 14.5 Å². The molecule has 0 radical (unpaired) electrons. The summed E-state index contributed by atoms with van der Waals surface area (Å²) < 4.78 is 2.41. The zero-order chi connectivity index (χ0) is 37.9. The second-order valence-electron chi connectivity index (χ2n) is 14.5. The van der Waals surface area contributed by atoms with Crippen LogP contribution < -0.4 is 0 Å². The Kier molecular flexibility index (Phi) is 7.52. The van der Waals surface area contributed by atoms with Gasteiger partial charge in [0.1, 0.15) is 0 Å². The van der Waals surface area contributed by atoms with E-state index in [-0.39, 0.29) is 0 Å². The Morgan fingerprint density at radius 3 is 1.81 bits per heavy atom. The number of hydrogen-bond acceptors (Lipinski definition) is 3. The van der Waals surface area contributed by atoms with Crippen molar-refractivity contribution in [2.45, 2.75) is 0 Å². The van der Waals surface area contributed by atoms with Crippen molar-refractivity contribution in [2.24, 2.45) is 0 Å². The lowest BCUT2D eigenvalue weighted by atomic mass is 9.97. The van der Waals surface area contributed by atoms with E-state index in [4.69, 9.17) is 9.97 Å². The molecule has 0 fully saturated rings. The van der Waals surface area contributed by atoms with E-state index >= 15 is 0 Å². The van der Waals surface area contributed by atoms with E-state index < -0.39 is 0 Å². The molecule has 0 saturated carbocycles. The molecule has 4 nitrogen and oxygen atoms in total. The minimum absolute atomic E-state index is 0.636. The number of fused-ring (bicyclic) bond motifs is 6. The number of benzene rings is 9. The Morgan fingerprint density at radius 2 is 1.02 bits per heavy atom. The lowest BCUT2D eigenvalue weighted by molar-refractivity contribution is 1.19. The van der Waals surface area contributed by atoms with Crippen LogP contribution in [-0.2, 0) is 0 Å².